The van der Waals surface area contributed by atoms with Crippen molar-refractivity contribution in [3.63, 3.8) is 0 Å². The molecule has 0 aliphatic heterocycles. The second-order valence-electron chi connectivity index (χ2n) is 9.82. The van der Waals surface area contributed by atoms with Crippen molar-refractivity contribution in [1.82, 2.24) is 10.3 Å². The Kier molecular flexibility index (Phi) is 7.43. The summed E-state index contributed by atoms with van der Waals surface area (Å²) in [6.45, 7) is 9.93. The van der Waals surface area contributed by atoms with Crippen molar-refractivity contribution in [3.8, 4) is 5.75 Å². The molecular weight excluding hydrogens is 428 g/mol. The number of halogens is 1. The fraction of sp³-hybridized carbons (Fsp3) is 0.600. The molecule has 7 heteroatoms. The minimum atomic E-state index is -0.517. The Bertz CT molecular complexity index is 1000. The molecule has 1 unspecified atom stereocenters. The molecule has 0 saturated heterocycles. The summed E-state index contributed by atoms with van der Waals surface area (Å²) >= 11 is 6.42. The smallest absolute Gasteiger partial charge is 0.407 e. The van der Waals surface area contributed by atoms with Crippen molar-refractivity contribution in [2.24, 2.45) is 5.41 Å². The van der Waals surface area contributed by atoms with Crippen LogP contribution in [0.2, 0.25) is 5.02 Å². The fourth-order valence-corrected chi connectivity index (χ4v) is 5.04. The number of ether oxygens (including phenoxy) is 2. The topological polar surface area (TPSA) is 80.4 Å². The van der Waals surface area contributed by atoms with Crippen LogP contribution in [-0.4, -0.2) is 28.8 Å². The van der Waals surface area contributed by atoms with Gasteiger partial charge >= 0.3 is 6.09 Å². The number of nitrogens with one attached hydrogen (secondary N) is 2. The zero-order valence-electron chi connectivity index (χ0n) is 19.7. The lowest BCUT2D eigenvalue weighted by Crippen LogP contribution is -2.50. The van der Waals surface area contributed by atoms with Gasteiger partial charge in [-0.05, 0) is 88.3 Å². The number of aromatic nitrogens is 1. The van der Waals surface area contributed by atoms with Crippen LogP contribution in [0.4, 0.5) is 4.79 Å². The number of amides is 1. The fourth-order valence-electron chi connectivity index (χ4n) is 4.83. The first-order valence-corrected chi connectivity index (χ1v) is 11.9. The summed E-state index contributed by atoms with van der Waals surface area (Å²) < 4.78 is 11.8. The number of H-pyrrole nitrogens is 1. The molecule has 176 valence electrons. The van der Waals surface area contributed by atoms with Gasteiger partial charge in [0, 0.05) is 17.6 Å². The lowest BCUT2D eigenvalue weighted by Gasteiger charge is -2.45. The molecule has 2 aromatic rings. The number of carbonyl (C=O) groups excluding carboxylic acids is 1. The third kappa shape index (κ3) is 5.58. The molecule has 1 atom stereocenters. The van der Waals surface area contributed by atoms with E-state index in [2.05, 4.69) is 24.1 Å². The summed E-state index contributed by atoms with van der Waals surface area (Å²) in [5, 5.41) is 4.93. The standard InChI is InChI=1S/C25H35ClN2O4/c1-6-21(28-23(30)32-24(3,4)5)25(7-2)11-8-17(9-12-25)31-20-14-16-10-13-27-22(29)18(16)15-19(20)26/h10,13-15,17,21H,6-9,11-12H2,1-5H3,(H,27,29)(H,28,30)/t17-,21?,25+. The van der Waals surface area contributed by atoms with Crippen molar-refractivity contribution in [2.75, 3.05) is 0 Å². The van der Waals surface area contributed by atoms with Crippen LogP contribution < -0.4 is 15.6 Å². The zero-order chi connectivity index (χ0) is 23.5. The lowest BCUT2D eigenvalue weighted by molar-refractivity contribution is 0.0249. The van der Waals surface area contributed by atoms with Crippen LogP contribution in [0.1, 0.15) is 73.1 Å². The summed E-state index contributed by atoms with van der Waals surface area (Å²) in [7, 11) is 0. The number of benzene rings is 1. The first-order valence-electron chi connectivity index (χ1n) is 11.5. The predicted octanol–water partition coefficient (Wildman–Crippen LogP) is 6.20. The Morgan fingerprint density at radius 2 is 1.97 bits per heavy atom. The first-order chi connectivity index (χ1) is 15.1. The number of fused-ring (bicyclic) bond motifs is 1. The average Bonchev–Trinajstić information content (AvgIpc) is 2.73. The molecule has 0 radical (unpaired) electrons. The number of hydrogen-bond donors (Lipinski definition) is 2. The van der Waals surface area contributed by atoms with Crippen LogP contribution in [-0.2, 0) is 4.74 Å². The quantitative estimate of drug-likeness (QED) is 0.535. The van der Waals surface area contributed by atoms with Crippen LogP contribution in [0.25, 0.3) is 10.8 Å². The van der Waals surface area contributed by atoms with E-state index < -0.39 is 5.60 Å². The molecule has 32 heavy (non-hydrogen) atoms. The largest absolute Gasteiger partial charge is 0.489 e. The highest BCUT2D eigenvalue weighted by Gasteiger charge is 2.41. The van der Waals surface area contributed by atoms with Gasteiger partial charge < -0.3 is 19.8 Å². The molecule has 1 amide bonds. The molecule has 1 saturated carbocycles. The van der Waals surface area contributed by atoms with Crippen LogP contribution >= 0.6 is 11.6 Å². The second-order valence-corrected chi connectivity index (χ2v) is 10.2. The lowest BCUT2D eigenvalue weighted by atomic mass is 9.66. The maximum Gasteiger partial charge on any atom is 0.407 e. The maximum atomic E-state index is 12.4. The van der Waals surface area contributed by atoms with E-state index in [1.165, 1.54) is 0 Å². The molecule has 1 aromatic carbocycles. The van der Waals surface area contributed by atoms with Crippen LogP contribution in [0.5, 0.6) is 5.75 Å². The van der Waals surface area contributed by atoms with Crippen LogP contribution in [0.3, 0.4) is 0 Å². The van der Waals surface area contributed by atoms with Gasteiger partial charge in [-0.25, -0.2) is 4.79 Å². The van der Waals surface area contributed by atoms with E-state index in [-0.39, 0.29) is 29.2 Å². The molecule has 1 aromatic heterocycles. The van der Waals surface area contributed by atoms with Crippen molar-refractivity contribution < 1.29 is 14.3 Å². The number of rotatable bonds is 6. The normalized spacial score (nSPS) is 22.4. The van der Waals surface area contributed by atoms with Gasteiger partial charge in [0.15, 0.2) is 0 Å². The molecule has 2 N–H and O–H groups in total. The maximum absolute atomic E-state index is 12.4. The Morgan fingerprint density at radius 1 is 1.28 bits per heavy atom. The highest BCUT2D eigenvalue weighted by atomic mass is 35.5. The van der Waals surface area contributed by atoms with Gasteiger partial charge in [0.1, 0.15) is 11.4 Å². The van der Waals surface area contributed by atoms with E-state index >= 15 is 0 Å². The number of pyridine rings is 1. The van der Waals surface area contributed by atoms with Crippen LogP contribution in [0, 0.1) is 5.41 Å². The van der Waals surface area contributed by atoms with Crippen molar-refractivity contribution in [3.05, 3.63) is 39.8 Å². The summed E-state index contributed by atoms with van der Waals surface area (Å²) in [5.74, 6) is 0.609. The molecule has 1 fully saturated rings. The number of alkyl carbamates (subject to hydrolysis) is 1. The Labute approximate surface area is 195 Å². The highest BCUT2D eigenvalue weighted by molar-refractivity contribution is 6.32. The average molecular weight is 463 g/mol. The third-order valence-corrected chi connectivity index (χ3v) is 6.89. The van der Waals surface area contributed by atoms with Crippen LogP contribution in [0.15, 0.2) is 29.2 Å². The molecule has 6 nitrogen and oxygen atoms in total. The van der Waals surface area contributed by atoms with Gasteiger partial charge in [0.2, 0.25) is 0 Å². The molecular formula is C25H35ClN2O4. The van der Waals surface area contributed by atoms with E-state index in [1.54, 1.807) is 12.3 Å². The number of hydrogen-bond acceptors (Lipinski definition) is 4. The monoisotopic (exact) mass is 462 g/mol. The van der Waals surface area contributed by atoms with E-state index in [0.29, 0.717) is 16.2 Å². The molecule has 1 heterocycles. The highest BCUT2D eigenvalue weighted by Crippen LogP contribution is 2.44. The van der Waals surface area contributed by atoms with E-state index in [1.807, 2.05) is 32.9 Å². The molecule has 0 spiro atoms. The Balaban J connectivity index is 1.68. The Hall–Kier alpha value is -2.21. The molecule has 1 aliphatic rings. The van der Waals surface area contributed by atoms with E-state index in [4.69, 9.17) is 21.1 Å². The van der Waals surface area contributed by atoms with Gasteiger partial charge in [0.05, 0.1) is 11.1 Å². The third-order valence-electron chi connectivity index (χ3n) is 6.59. The minimum Gasteiger partial charge on any atom is -0.489 e. The first kappa shape index (κ1) is 24.4. The van der Waals surface area contributed by atoms with Crippen molar-refractivity contribution in [2.45, 2.75) is 90.9 Å². The van der Waals surface area contributed by atoms with E-state index in [9.17, 15) is 9.59 Å². The van der Waals surface area contributed by atoms with Crippen molar-refractivity contribution in [1.29, 1.82) is 0 Å². The summed E-state index contributed by atoms with van der Waals surface area (Å²) in [6.07, 6.45) is 6.81. The van der Waals surface area contributed by atoms with Gasteiger partial charge in [-0.2, -0.15) is 0 Å². The summed E-state index contributed by atoms with van der Waals surface area (Å²) in [5.41, 5.74) is -0.659. The molecule has 0 bridgehead atoms. The van der Waals surface area contributed by atoms with Gasteiger partial charge in [-0.1, -0.05) is 25.4 Å². The number of carbonyl (C=O) groups is 1. The summed E-state index contributed by atoms with van der Waals surface area (Å²) in [4.78, 5) is 27.1. The zero-order valence-corrected chi connectivity index (χ0v) is 20.5. The van der Waals surface area contributed by atoms with Gasteiger partial charge in [0.25, 0.3) is 5.56 Å². The predicted molar refractivity (Wildman–Crippen MR) is 129 cm³/mol. The molecule has 3 rings (SSSR count). The van der Waals surface area contributed by atoms with Gasteiger partial charge in [-0.3, -0.25) is 4.79 Å². The Morgan fingerprint density at radius 3 is 2.56 bits per heavy atom. The molecule has 1 aliphatic carbocycles. The summed E-state index contributed by atoms with van der Waals surface area (Å²) in [6, 6.07) is 5.41. The SMILES string of the molecule is CCC(NC(=O)OC(C)(C)C)[C@]1(CC)CC[C@H](Oc2cc3cc[nH]c(=O)c3cc2Cl)CC1. The second kappa shape index (κ2) is 9.74. The van der Waals surface area contributed by atoms with Gasteiger partial charge in [-0.15, -0.1) is 0 Å². The van der Waals surface area contributed by atoms with E-state index in [0.717, 1.165) is 43.9 Å². The minimum absolute atomic E-state index is 0.0198. The van der Waals surface area contributed by atoms with Crippen molar-refractivity contribution >= 4 is 28.5 Å². The number of aromatic amines is 1.